The van der Waals surface area contributed by atoms with E-state index in [9.17, 15) is 4.79 Å². The molecule has 0 spiro atoms. The van der Waals surface area contributed by atoms with E-state index in [0.29, 0.717) is 5.69 Å². The number of nitrogens with zero attached hydrogens (tertiary/aromatic N) is 3. The first kappa shape index (κ1) is 8.36. The summed E-state index contributed by atoms with van der Waals surface area (Å²) in [7, 11) is 0. The van der Waals surface area contributed by atoms with Crippen molar-refractivity contribution in [3.63, 3.8) is 0 Å². The maximum absolute atomic E-state index is 11.0. The van der Waals surface area contributed by atoms with Gasteiger partial charge in [-0.15, -0.1) is 0 Å². The molecule has 2 N–H and O–H groups in total. The zero-order valence-electron chi connectivity index (χ0n) is 7.01. The van der Waals surface area contributed by atoms with Gasteiger partial charge in [0.25, 0.3) is 5.56 Å². The van der Waals surface area contributed by atoms with Crippen LogP contribution >= 0.6 is 0 Å². The van der Waals surface area contributed by atoms with E-state index in [2.05, 4.69) is 19.9 Å². The lowest BCUT2D eigenvalue weighted by molar-refractivity contribution is 0.452. The van der Waals surface area contributed by atoms with E-state index in [0.717, 1.165) is 6.07 Å². The first-order valence-electron chi connectivity index (χ1n) is 3.82. The molecule has 6 heteroatoms. The van der Waals surface area contributed by atoms with Crippen LogP contribution in [0.5, 0.6) is 5.88 Å². The van der Waals surface area contributed by atoms with Gasteiger partial charge in [-0.3, -0.25) is 4.79 Å². The second-order valence-electron chi connectivity index (χ2n) is 2.55. The third-order valence-electron chi connectivity index (χ3n) is 1.55. The minimum atomic E-state index is -0.425. The van der Waals surface area contributed by atoms with Gasteiger partial charge in [0.1, 0.15) is 12.0 Å². The highest BCUT2D eigenvalue weighted by molar-refractivity contribution is 5.47. The summed E-state index contributed by atoms with van der Waals surface area (Å²) >= 11 is 0. The van der Waals surface area contributed by atoms with Crippen LogP contribution in [-0.2, 0) is 0 Å². The molecule has 2 rings (SSSR count). The lowest BCUT2D eigenvalue weighted by Crippen LogP contribution is -2.07. The van der Waals surface area contributed by atoms with E-state index in [1.54, 1.807) is 6.07 Å². The van der Waals surface area contributed by atoms with Gasteiger partial charge in [0, 0.05) is 6.20 Å². The standard InChI is InChI=1S/C8H6N4O2/c13-6-3-7(14)12-8(11-6)5-1-2-9-4-10-5/h1-4H,(H2,11,12,13,14). The van der Waals surface area contributed by atoms with Crippen LogP contribution < -0.4 is 5.56 Å². The van der Waals surface area contributed by atoms with Crippen LogP contribution in [0.4, 0.5) is 0 Å². The SMILES string of the molecule is O=c1cc(O)nc(-c2ccncn2)[nH]1. The van der Waals surface area contributed by atoms with Gasteiger partial charge in [-0.1, -0.05) is 0 Å². The Balaban J connectivity index is 2.58. The number of nitrogens with one attached hydrogen (secondary N) is 1. The van der Waals surface area contributed by atoms with Gasteiger partial charge in [0.2, 0.25) is 5.88 Å². The number of aromatic nitrogens is 4. The molecule has 70 valence electrons. The number of hydrogen-bond donors (Lipinski definition) is 2. The van der Waals surface area contributed by atoms with Crippen LogP contribution in [0, 0.1) is 0 Å². The highest BCUT2D eigenvalue weighted by atomic mass is 16.3. The van der Waals surface area contributed by atoms with E-state index in [-0.39, 0.29) is 11.7 Å². The van der Waals surface area contributed by atoms with E-state index in [1.165, 1.54) is 12.5 Å². The summed E-state index contributed by atoms with van der Waals surface area (Å²) in [5, 5.41) is 9.08. The molecular weight excluding hydrogens is 184 g/mol. The summed E-state index contributed by atoms with van der Waals surface area (Å²) in [6.45, 7) is 0. The second kappa shape index (κ2) is 3.25. The summed E-state index contributed by atoms with van der Waals surface area (Å²) in [5.74, 6) is -0.111. The molecule has 0 unspecified atom stereocenters. The quantitative estimate of drug-likeness (QED) is 0.656. The third kappa shape index (κ3) is 1.58. The molecule has 0 aliphatic heterocycles. The molecule has 0 fully saturated rings. The molecule has 2 aromatic rings. The first-order valence-corrected chi connectivity index (χ1v) is 3.82. The Hall–Kier alpha value is -2.24. The highest BCUT2D eigenvalue weighted by Gasteiger charge is 2.03. The van der Waals surface area contributed by atoms with Gasteiger partial charge in [-0.2, -0.15) is 4.98 Å². The van der Waals surface area contributed by atoms with Crippen molar-refractivity contribution in [3.05, 3.63) is 35.0 Å². The van der Waals surface area contributed by atoms with Gasteiger partial charge >= 0.3 is 0 Å². The van der Waals surface area contributed by atoms with Crippen LogP contribution in [0.15, 0.2) is 29.5 Å². The van der Waals surface area contributed by atoms with Crippen molar-refractivity contribution in [2.75, 3.05) is 0 Å². The Morgan fingerprint density at radius 2 is 2.29 bits per heavy atom. The normalized spacial score (nSPS) is 10.0. The summed E-state index contributed by atoms with van der Waals surface area (Å²) in [6, 6.07) is 2.57. The molecule has 14 heavy (non-hydrogen) atoms. The number of H-pyrrole nitrogens is 1. The van der Waals surface area contributed by atoms with E-state index in [4.69, 9.17) is 5.11 Å². The van der Waals surface area contributed by atoms with Crippen LogP contribution in [0.2, 0.25) is 0 Å². The smallest absolute Gasteiger partial charge is 0.255 e. The fraction of sp³-hybridized carbons (Fsp3) is 0. The van der Waals surface area contributed by atoms with E-state index in [1.807, 2.05) is 0 Å². The fourth-order valence-electron chi connectivity index (χ4n) is 0.997. The number of rotatable bonds is 1. The maximum Gasteiger partial charge on any atom is 0.255 e. The Labute approximate surface area is 78.3 Å². The molecular formula is C8H6N4O2. The predicted molar refractivity (Wildman–Crippen MR) is 47.5 cm³/mol. The molecule has 0 aliphatic carbocycles. The van der Waals surface area contributed by atoms with Crippen molar-refractivity contribution in [1.29, 1.82) is 0 Å². The highest BCUT2D eigenvalue weighted by Crippen LogP contribution is 2.10. The summed E-state index contributed by atoms with van der Waals surface area (Å²) in [5.41, 5.74) is 0.0270. The monoisotopic (exact) mass is 190 g/mol. The zero-order valence-corrected chi connectivity index (χ0v) is 7.01. The zero-order chi connectivity index (χ0) is 9.97. The van der Waals surface area contributed by atoms with Gasteiger partial charge in [-0.05, 0) is 6.07 Å². The Morgan fingerprint density at radius 1 is 1.43 bits per heavy atom. The Bertz CT molecular complexity index is 494. The van der Waals surface area contributed by atoms with Gasteiger partial charge in [-0.25, -0.2) is 9.97 Å². The molecule has 0 aromatic carbocycles. The third-order valence-corrected chi connectivity index (χ3v) is 1.55. The van der Waals surface area contributed by atoms with Crippen molar-refractivity contribution < 1.29 is 5.11 Å². The average Bonchev–Trinajstić information content (AvgIpc) is 2.18. The van der Waals surface area contributed by atoms with Crippen LogP contribution in [-0.4, -0.2) is 25.0 Å². The molecule has 0 saturated carbocycles. The van der Waals surface area contributed by atoms with Crippen molar-refractivity contribution in [3.8, 4) is 17.4 Å². The summed E-state index contributed by atoms with van der Waals surface area (Å²) < 4.78 is 0. The maximum atomic E-state index is 11.0. The first-order chi connectivity index (χ1) is 6.75. The average molecular weight is 190 g/mol. The molecule has 2 heterocycles. The molecule has 2 aromatic heterocycles. The Kier molecular flexibility index (Phi) is 1.94. The van der Waals surface area contributed by atoms with Gasteiger partial charge in [0.05, 0.1) is 6.07 Å². The molecule has 0 atom stereocenters. The molecule has 0 saturated heterocycles. The lowest BCUT2D eigenvalue weighted by atomic mass is 10.4. The molecule has 6 nitrogen and oxygen atoms in total. The molecule has 0 radical (unpaired) electrons. The summed E-state index contributed by atoms with van der Waals surface area (Å²) in [6.07, 6.45) is 2.85. The van der Waals surface area contributed by atoms with Gasteiger partial charge < -0.3 is 10.1 Å². The van der Waals surface area contributed by atoms with Crippen LogP contribution in [0.25, 0.3) is 11.5 Å². The Morgan fingerprint density at radius 3 is 2.93 bits per heavy atom. The van der Waals surface area contributed by atoms with E-state index >= 15 is 0 Å². The molecule has 0 amide bonds. The largest absolute Gasteiger partial charge is 0.493 e. The summed E-state index contributed by atoms with van der Waals surface area (Å²) in [4.78, 5) is 24.7. The molecule has 0 bridgehead atoms. The predicted octanol–water partition coefficient (Wildman–Crippen LogP) is -0.0675. The minimum absolute atomic E-state index is 0.220. The number of aromatic amines is 1. The van der Waals surface area contributed by atoms with Crippen molar-refractivity contribution in [1.82, 2.24) is 19.9 Å². The molecule has 0 aliphatic rings. The van der Waals surface area contributed by atoms with Crippen LogP contribution in [0.1, 0.15) is 0 Å². The number of aromatic hydroxyl groups is 1. The minimum Gasteiger partial charge on any atom is -0.493 e. The van der Waals surface area contributed by atoms with Crippen molar-refractivity contribution >= 4 is 0 Å². The topological polar surface area (TPSA) is 91.8 Å². The van der Waals surface area contributed by atoms with E-state index < -0.39 is 5.56 Å². The van der Waals surface area contributed by atoms with Gasteiger partial charge in [0.15, 0.2) is 5.82 Å². The van der Waals surface area contributed by atoms with Crippen molar-refractivity contribution in [2.24, 2.45) is 0 Å². The second-order valence-corrected chi connectivity index (χ2v) is 2.55. The fourth-order valence-corrected chi connectivity index (χ4v) is 0.997. The van der Waals surface area contributed by atoms with Crippen molar-refractivity contribution in [2.45, 2.75) is 0 Å². The number of hydrogen-bond acceptors (Lipinski definition) is 5. The van der Waals surface area contributed by atoms with Crippen LogP contribution in [0.3, 0.4) is 0 Å². The lowest BCUT2D eigenvalue weighted by Gasteiger charge is -1.98.